The zero-order valence-corrected chi connectivity index (χ0v) is 18.4. The average molecular weight is 426 g/mol. The Kier molecular flexibility index (Phi) is 10.4. The molecule has 9 heteroatoms. The molecule has 0 atom stereocenters. The van der Waals surface area contributed by atoms with Gasteiger partial charge in [-0.1, -0.05) is 24.3 Å². The fourth-order valence-corrected chi connectivity index (χ4v) is 3.66. The molecule has 1 aromatic carbocycles. The van der Waals surface area contributed by atoms with Crippen molar-refractivity contribution in [2.45, 2.75) is 33.4 Å². The molecule has 2 rings (SSSR count). The van der Waals surface area contributed by atoms with Gasteiger partial charge < -0.3 is 15.4 Å². The summed E-state index contributed by atoms with van der Waals surface area (Å²) in [4.78, 5) is 7.12. The Morgan fingerprint density at radius 3 is 2.52 bits per heavy atom. The molecule has 164 valence electrons. The number of nitrogens with zero attached hydrogens (tertiary/aromatic N) is 2. The highest BCUT2D eigenvalue weighted by molar-refractivity contribution is 7.89. The topological polar surface area (TPSA) is 95.1 Å². The summed E-state index contributed by atoms with van der Waals surface area (Å²) in [6.45, 7) is 10.5. The second kappa shape index (κ2) is 12.8. The Bertz CT molecular complexity index is 733. The lowest BCUT2D eigenvalue weighted by Gasteiger charge is -2.27. The minimum atomic E-state index is -3.13. The van der Waals surface area contributed by atoms with Gasteiger partial charge in [0.1, 0.15) is 0 Å². The van der Waals surface area contributed by atoms with E-state index in [0.29, 0.717) is 26.1 Å². The molecule has 0 spiro atoms. The number of rotatable bonds is 11. The second-order valence-electron chi connectivity index (χ2n) is 6.93. The van der Waals surface area contributed by atoms with Gasteiger partial charge in [-0.2, -0.15) is 0 Å². The SMILES string of the molecule is CCNC(=NCc1ccccc1CN1CCOCC1)NCCCNS(=O)(=O)CC. The number of hydrogen-bond donors (Lipinski definition) is 3. The number of aliphatic imine (C=N–C) groups is 1. The molecule has 8 nitrogen and oxygen atoms in total. The normalized spacial score (nSPS) is 16.0. The highest BCUT2D eigenvalue weighted by atomic mass is 32.2. The van der Waals surface area contributed by atoms with Gasteiger partial charge >= 0.3 is 0 Å². The summed E-state index contributed by atoms with van der Waals surface area (Å²) in [5.74, 6) is 0.848. The Hall–Kier alpha value is -1.68. The van der Waals surface area contributed by atoms with Crippen molar-refractivity contribution in [3.63, 3.8) is 0 Å². The monoisotopic (exact) mass is 425 g/mol. The first-order valence-electron chi connectivity index (χ1n) is 10.4. The van der Waals surface area contributed by atoms with Crippen LogP contribution in [0.25, 0.3) is 0 Å². The fourth-order valence-electron chi connectivity index (χ4n) is 3.00. The van der Waals surface area contributed by atoms with E-state index in [1.54, 1.807) is 6.92 Å². The maximum absolute atomic E-state index is 11.5. The molecule has 0 bridgehead atoms. The van der Waals surface area contributed by atoms with Gasteiger partial charge in [0.2, 0.25) is 10.0 Å². The first-order chi connectivity index (χ1) is 14.0. The van der Waals surface area contributed by atoms with Crippen molar-refractivity contribution in [1.82, 2.24) is 20.3 Å². The second-order valence-corrected chi connectivity index (χ2v) is 9.03. The van der Waals surface area contributed by atoms with E-state index in [2.05, 4.69) is 38.5 Å². The summed E-state index contributed by atoms with van der Waals surface area (Å²) < 4.78 is 30.9. The lowest BCUT2D eigenvalue weighted by Crippen LogP contribution is -2.39. The number of ether oxygens (including phenoxy) is 1. The number of morpholine rings is 1. The molecule has 0 saturated carbocycles. The van der Waals surface area contributed by atoms with Gasteiger partial charge in [0.05, 0.1) is 25.5 Å². The van der Waals surface area contributed by atoms with Crippen LogP contribution in [-0.2, 0) is 27.8 Å². The molecule has 1 aliphatic rings. The zero-order valence-electron chi connectivity index (χ0n) is 17.6. The van der Waals surface area contributed by atoms with Gasteiger partial charge in [0.15, 0.2) is 5.96 Å². The number of hydrogen-bond acceptors (Lipinski definition) is 5. The predicted octanol–water partition coefficient (Wildman–Crippen LogP) is 0.903. The van der Waals surface area contributed by atoms with Crippen molar-refractivity contribution < 1.29 is 13.2 Å². The van der Waals surface area contributed by atoms with E-state index in [0.717, 1.165) is 45.4 Å². The Morgan fingerprint density at radius 1 is 1.10 bits per heavy atom. The Labute approximate surface area is 175 Å². The molecule has 1 aliphatic heterocycles. The molecule has 3 N–H and O–H groups in total. The van der Waals surface area contributed by atoms with Gasteiger partial charge in [-0.15, -0.1) is 0 Å². The van der Waals surface area contributed by atoms with Crippen LogP contribution < -0.4 is 15.4 Å². The van der Waals surface area contributed by atoms with Crippen molar-refractivity contribution in [3.05, 3.63) is 35.4 Å². The van der Waals surface area contributed by atoms with E-state index in [-0.39, 0.29) is 5.75 Å². The number of benzene rings is 1. The fraction of sp³-hybridized carbons (Fsp3) is 0.650. The first kappa shape index (κ1) is 23.6. The molecule has 0 aromatic heterocycles. The molecule has 0 radical (unpaired) electrons. The third kappa shape index (κ3) is 9.12. The highest BCUT2D eigenvalue weighted by Crippen LogP contribution is 2.14. The van der Waals surface area contributed by atoms with E-state index in [1.165, 1.54) is 11.1 Å². The minimum absolute atomic E-state index is 0.106. The number of guanidine groups is 1. The lowest BCUT2D eigenvalue weighted by molar-refractivity contribution is 0.0341. The van der Waals surface area contributed by atoms with E-state index in [1.807, 2.05) is 13.0 Å². The smallest absolute Gasteiger partial charge is 0.211 e. The van der Waals surface area contributed by atoms with Gasteiger partial charge in [-0.05, 0) is 31.4 Å². The zero-order chi connectivity index (χ0) is 21.0. The summed E-state index contributed by atoms with van der Waals surface area (Å²) in [6, 6.07) is 8.42. The summed E-state index contributed by atoms with van der Waals surface area (Å²) in [6.07, 6.45) is 0.692. The third-order valence-corrected chi connectivity index (χ3v) is 6.12. The van der Waals surface area contributed by atoms with Gasteiger partial charge in [-0.25, -0.2) is 18.1 Å². The summed E-state index contributed by atoms with van der Waals surface area (Å²) in [5.41, 5.74) is 2.51. The third-order valence-electron chi connectivity index (χ3n) is 4.72. The van der Waals surface area contributed by atoms with Crippen molar-refractivity contribution >= 4 is 16.0 Å². The van der Waals surface area contributed by atoms with Crippen LogP contribution in [0, 0.1) is 0 Å². The van der Waals surface area contributed by atoms with Crippen LogP contribution in [0.15, 0.2) is 29.3 Å². The van der Waals surface area contributed by atoms with E-state index >= 15 is 0 Å². The molecule has 1 heterocycles. The number of nitrogens with one attached hydrogen (secondary N) is 3. The van der Waals surface area contributed by atoms with Crippen LogP contribution in [0.5, 0.6) is 0 Å². The van der Waals surface area contributed by atoms with Crippen molar-refractivity contribution in [2.75, 3.05) is 51.7 Å². The molecule has 0 amide bonds. The summed E-state index contributed by atoms with van der Waals surface area (Å²) in [5, 5.41) is 6.52. The first-order valence-corrected chi connectivity index (χ1v) is 12.1. The quantitative estimate of drug-likeness (QED) is 0.277. The van der Waals surface area contributed by atoms with Crippen LogP contribution in [0.4, 0.5) is 0 Å². The largest absolute Gasteiger partial charge is 0.379 e. The van der Waals surface area contributed by atoms with Crippen LogP contribution in [0.2, 0.25) is 0 Å². The average Bonchev–Trinajstić information content (AvgIpc) is 2.73. The minimum Gasteiger partial charge on any atom is -0.379 e. The molecule has 0 aliphatic carbocycles. The molecule has 1 saturated heterocycles. The van der Waals surface area contributed by atoms with Crippen LogP contribution >= 0.6 is 0 Å². The standard InChI is InChI=1S/C20H35N5O3S/c1-3-21-20(22-10-7-11-24-29(26,27)4-2)23-16-18-8-5-6-9-19(18)17-25-12-14-28-15-13-25/h5-6,8-9,24H,3-4,7,10-17H2,1-2H3,(H2,21,22,23). The predicted molar refractivity (Wildman–Crippen MR) is 117 cm³/mol. The van der Waals surface area contributed by atoms with E-state index in [9.17, 15) is 8.42 Å². The van der Waals surface area contributed by atoms with Crippen molar-refractivity contribution in [2.24, 2.45) is 4.99 Å². The van der Waals surface area contributed by atoms with Crippen LogP contribution in [-0.4, -0.2) is 71.0 Å². The summed E-state index contributed by atoms with van der Waals surface area (Å²) in [7, 11) is -3.13. The van der Waals surface area contributed by atoms with E-state index in [4.69, 9.17) is 9.73 Å². The highest BCUT2D eigenvalue weighted by Gasteiger charge is 2.12. The van der Waals surface area contributed by atoms with E-state index < -0.39 is 10.0 Å². The van der Waals surface area contributed by atoms with Crippen molar-refractivity contribution in [1.29, 1.82) is 0 Å². The number of sulfonamides is 1. The molecule has 1 aromatic rings. The summed E-state index contributed by atoms with van der Waals surface area (Å²) >= 11 is 0. The van der Waals surface area contributed by atoms with Gasteiger partial charge in [0.25, 0.3) is 0 Å². The lowest BCUT2D eigenvalue weighted by atomic mass is 10.1. The Morgan fingerprint density at radius 2 is 1.83 bits per heavy atom. The maximum atomic E-state index is 11.5. The van der Waals surface area contributed by atoms with Crippen LogP contribution in [0.1, 0.15) is 31.4 Å². The molecular weight excluding hydrogens is 390 g/mol. The van der Waals surface area contributed by atoms with Gasteiger partial charge in [-0.3, -0.25) is 4.90 Å². The van der Waals surface area contributed by atoms with Crippen LogP contribution in [0.3, 0.4) is 0 Å². The molecule has 29 heavy (non-hydrogen) atoms. The molecule has 1 fully saturated rings. The van der Waals surface area contributed by atoms with Gasteiger partial charge in [0, 0.05) is 39.3 Å². The van der Waals surface area contributed by atoms with Crippen molar-refractivity contribution in [3.8, 4) is 0 Å². The Balaban J connectivity index is 1.87. The molecule has 0 unspecified atom stereocenters. The molecular formula is C20H35N5O3S. The maximum Gasteiger partial charge on any atom is 0.211 e.